The van der Waals surface area contributed by atoms with Crippen LogP contribution < -0.4 is 22.1 Å². The first kappa shape index (κ1) is 18.3. The highest BCUT2D eigenvalue weighted by molar-refractivity contribution is 9.10. The molecule has 1 aliphatic heterocycles. The Hall–Kier alpha value is -3.51. The number of nitrogens with two attached hydrogens (primary N) is 2. The van der Waals surface area contributed by atoms with Gasteiger partial charge in [-0.05, 0) is 22.0 Å². The van der Waals surface area contributed by atoms with Crippen LogP contribution in [-0.2, 0) is 0 Å². The normalized spacial score (nSPS) is 15.0. The number of hydrogen-bond acceptors (Lipinski definition) is 8. The van der Waals surface area contributed by atoms with E-state index in [0.29, 0.717) is 6.07 Å². The van der Waals surface area contributed by atoms with Crippen molar-refractivity contribution in [1.29, 1.82) is 10.5 Å². The topological polar surface area (TPSA) is 149 Å². The molecule has 1 atom stereocenters. The van der Waals surface area contributed by atoms with Crippen LogP contribution in [0.3, 0.4) is 0 Å². The van der Waals surface area contributed by atoms with Gasteiger partial charge in [0.05, 0.1) is 10.2 Å². The molecule has 0 spiro atoms. The summed E-state index contributed by atoms with van der Waals surface area (Å²) in [6.45, 7) is 0. The van der Waals surface area contributed by atoms with Crippen molar-refractivity contribution >= 4 is 39.2 Å². The Kier molecular flexibility index (Phi) is 4.51. The third-order valence-corrected chi connectivity index (χ3v) is 4.48. The van der Waals surface area contributed by atoms with Crippen LogP contribution in [0.4, 0.5) is 30.5 Å². The number of nitrogens with one attached hydrogen (secondary N) is 2. The van der Waals surface area contributed by atoms with Gasteiger partial charge in [-0.1, -0.05) is 0 Å². The molecule has 0 aliphatic carbocycles. The monoisotopic (exact) mass is 436 g/mol. The minimum Gasteiger partial charge on any atom is -0.397 e. The second-order valence-corrected chi connectivity index (χ2v) is 6.08. The van der Waals surface area contributed by atoms with Gasteiger partial charge in [0.25, 0.3) is 0 Å². The fourth-order valence-corrected chi connectivity index (χ4v) is 3.01. The van der Waals surface area contributed by atoms with Crippen LogP contribution in [0, 0.1) is 40.2 Å². The molecule has 0 radical (unpaired) electrons. The van der Waals surface area contributed by atoms with Gasteiger partial charge in [-0.25, -0.2) is 23.1 Å². The largest absolute Gasteiger partial charge is 0.397 e. The van der Waals surface area contributed by atoms with Gasteiger partial charge >= 0.3 is 0 Å². The molecule has 0 saturated carbocycles. The number of rotatable bonds is 1. The van der Waals surface area contributed by atoms with Crippen molar-refractivity contribution in [3.05, 3.63) is 44.7 Å². The number of guanidine groups is 1. The molecule has 1 aliphatic rings. The molecule has 0 saturated heterocycles. The Bertz CT molecular complexity index is 1090. The molecule has 6 N–H and O–H groups in total. The molecule has 0 bridgehead atoms. The van der Waals surface area contributed by atoms with Crippen LogP contribution in [0.15, 0.2) is 15.5 Å². The quantitative estimate of drug-likeness (QED) is 0.231. The summed E-state index contributed by atoms with van der Waals surface area (Å²) in [6.07, 6.45) is 1.62. The highest BCUT2D eigenvalue weighted by Crippen LogP contribution is 2.42. The Morgan fingerprint density at radius 1 is 1.22 bits per heavy atom. The highest BCUT2D eigenvalue weighted by Gasteiger charge is 2.33. The number of nitrogens with zero attached hydrogens (tertiary/aromatic N) is 4. The molecule has 12 heteroatoms. The Morgan fingerprint density at radius 2 is 1.93 bits per heavy atom. The van der Waals surface area contributed by atoms with Gasteiger partial charge in [-0.15, -0.1) is 0 Å². The minimum atomic E-state index is -1.41. The lowest BCUT2D eigenvalue weighted by atomic mass is 9.94. The van der Waals surface area contributed by atoms with Gasteiger partial charge in [-0.2, -0.15) is 10.5 Å². The van der Waals surface area contributed by atoms with E-state index in [4.69, 9.17) is 16.7 Å². The molecule has 3 rings (SSSR count). The van der Waals surface area contributed by atoms with Gasteiger partial charge < -0.3 is 16.8 Å². The van der Waals surface area contributed by atoms with Crippen LogP contribution in [-0.4, -0.2) is 10.9 Å². The third kappa shape index (κ3) is 2.86. The lowest BCUT2D eigenvalue weighted by molar-refractivity contribution is 0.480. The van der Waals surface area contributed by atoms with Crippen LogP contribution in [0.5, 0.6) is 0 Å². The van der Waals surface area contributed by atoms with Crippen molar-refractivity contribution in [2.75, 3.05) is 16.8 Å². The molecule has 27 heavy (non-hydrogen) atoms. The fraction of sp³-hybridized carbons (Fsp3) is 0.0667. The molecule has 0 fully saturated rings. The number of halogens is 4. The standard InChI is InChI=1S/C15H8BrF3N8/c16-8-9(18)4(1-6(17)10(8)19)12-7-11(22)5(2-20)13(23)26-14(7)27-15(25-12)24-3-21/h1,12H,(H6,22,23,24,25,26,27). The second kappa shape index (κ2) is 6.66. The molecule has 136 valence electrons. The number of aliphatic imine (C=N–C) groups is 1. The van der Waals surface area contributed by atoms with E-state index in [0.717, 1.165) is 0 Å². The molecule has 8 nitrogen and oxygen atoms in total. The maximum absolute atomic E-state index is 14.6. The Labute approximate surface area is 158 Å². The number of benzene rings is 1. The minimum absolute atomic E-state index is 0.0120. The number of nitrogen functional groups attached to an aromatic ring is 2. The van der Waals surface area contributed by atoms with Crippen LogP contribution in [0.1, 0.15) is 22.7 Å². The maximum atomic E-state index is 14.6. The molecule has 0 amide bonds. The fourth-order valence-electron chi connectivity index (χ4n) is 2.60. The first-order chi connectivity index (χ1) is 12.8. The average molecular weight is 437 g/mol. The summed E-state index contributed by atoms with van der Waals surface area (Å²) in [4.78, 5) is 8.05. The number of hydrogen-bond donors (Lipinski definition) is 4. The van der Waals surface area contributed by atoms with E-state index in [1.54, 1.807) is 12.3 Å². The number of nitriles is 2. The summed E-state index contributed by atoms with van der Waals surface area (Å²) in [5.74, 6) is -4.23. The molecule has 1 unspecified atom stereocenters. The molecular formula is C15H8BrF3N8. The van der Waals surface area contributed by atoms with Crippen LogP contribution >= 0.6 is 15.9 Å². The summed E-state index contributed by atoms with van der Waals surface area (Å²) in [7, 11) is 0. The van der Waals surface area contributed by atoms with Crippen molar-refractivity contribution in [2.45, 2.75) is 6.04 Å². The summed E-state index contributed by atoms with van der Waals surface area (Å²) >= 11 is 2.65. The first-order valence-corrected chi connectivity index (χ1v) is 7.91. The van der Waals surface area contributed by atoms with E-state index < -0.39 is 28.0 Å². The Morgan fingerprint density at radius 3 is 2.56 bits per heavy atom. The van der Waals surface area contributed by atoms with Gasteiger partial charge in [0, 0.05) is 11.1 Å². The van der Waals surface area contributed by atoms with Gasteiger partial charge in [0.1, 0.15) is 35.1 Å². The lowest BCUT2D eigenvalue weighted by Crippen LogP contribution is -2.33. The van der Waals surface area contributed by atoms with E-state index in [9.17, 15) is 18.4 Å². The van der Waals surface area contributed by atoms with E-state index in [-0.39, 0.29) is 40.0 Å². The number of aromatic nitrogens is 1. The smallest absolute Gasteiger partial charge is 0.211 e. The van der Waals surface area contributed by atoms with E-state index in [2.05, 4.69) is 36.5 Å². The van der Waals surface area contributed by atoms with E-state index in [1.807, 2.05) is 0 Å². The van der Waals surface area contributed by atoms with Crippen molar-refractivity contribution in [3.63, 3.8) is 0 Å². The van der Waals surface area contributed by atoms with E-state index >= 15 is 0 Å². The van der Waals surface area contributed by atoms with Gasteiger partial charge in [0.2, 0.25) is 5.96 Å². The zero-order chi connectivity index (χ0) is 19.9. The van der Waals surface area contributed by atoms with Crippen molar-refractivity contribution in [3.8, 4) is 12.3 Å². The second-order valence-electron chi connectivity index (χ2n) is 5.29. The summed E-state index contributed by atoms with van der Waals surface area (Å²) in [5.41, 5.74) is 11.0. The Balaban J connectivity index is 2.34. The third-order valence-electron chi connectivity index (χ3n) is 3.78. The molecular weight excluding hydrogens is 429 g/mol. The summed E-state index contributed by atoms with van der Waals surface area (Å²) in [6, 6.07) is 1.06. The van der Waals surface area contributed by atoms with Crippen molar-refractivity contribution in [1.82, 2.24) is 10.3 Å². The number of anilines is 3. The summed E-state index contributed by atoms with van der Waals surface area (Å²) in [5, 5.41) is 22.9. The van der Waals surface area contributed by atoms with Crippen LogP contribution in [0.25, 0.3) is 0 Å². The lowest BCUT2D eigenvalue weighted by Gasteiger charge is -2.26. The van der Waals surface area contributed by atoms with Crippen molar-refractivity contribution in [2.24, 2.45) is 4.99 Å². The molecule has 2 aromatic rings. The average Bonchev–Trinajstić information content (AvgIpc) is 2.62. The molecule has 1 aromatic heterocycles. The summed E-state index contributed by atoms with van der Waals surface area (Å²) < 4.78 is 41.4. The molecule has 2 heterocycles. The number of fused-ring (bicyclic) bond motifs is 1. The predicted octanol–water partition coefficient (Wildman–Crippen LogP) is 2.24. The van der Waals surface area contributed by atoms with E-state index in [1.165, 1.54) is 0 Å². The molecule has 1 aromatic carbocycles. The van der Waals surface area contributed by atoms with Crippen molar-refractivity contribution < 1.29 is 13.2 Å². The predicted molar refractivity (Wildman–Crippen MR) is 93.4 cm³/mol. The van der Waals surface area contributed by atoms with Gasteiger partial charge in [-0.3, -0.25) is 5.32 Å². The highest BCUT2D eigenvalue weighted by atomic mass is 79.9. The zero-order valence-corrected chi connectivity index (χ0v) is 14.7. The van der Waals surface area contributed by atoms with Crippen LogP contribution in [0.2, 0.25) is 0 Å². The number of pyridine rings is 1. The maximum Gasteiger partial charge on any atom is 0.211 e. The SMILES string of the molecule is N#CNC1=NC(c2cc(F)c(F)c(Br)c2F)c2c(nc(N)c(C#N)c2N)N1. The first-order valence-electron chi connectivity index (χ1n) is 7.11. The zero-order valence-electron chi connectivity index (χ0n) is 13.1. The van der Waals surface area contributed by atoms with Gasteiger partial charge in [0.15, 0.2) is 17.8 Å².